The predicted octanol–water partition coefficient (Wildman–Crippen LogP) is 16.3. The van der Waals surface area contributed by atoms with Gasteiger partial charge in [0, 0.05) is 28.4 Å². The van der Waals surface area contributed by atoms with E-state index in [4.69, 9.17) is 0 Å². The molecule has 2 unspecified atom stereocenters. The molecule has 2 aliphatic rings. The molecule has 2 heteroatoms. The van der Waals surface area contributed by atoms with Crippen molar-refractivity contribution in [2.24, 2.45) is 0 Å². The summed E-state index contributed by atoms with van der Waals surface area (Å²) in [6.45, 7) is 6.31. The van der Waals surface area contributed by atoms with Gasteiger partial charge in [-0.05, 0) is 163 Å². The summed E-state index contributed by atoms with van der Waals surface area (Å²) in [7, 11) is 0. The third kappa shape index (κ3) is 7.28. The Morgan fingerprint density at radius 2 is 1.09 bits per heavy atom. The zero-order valence-corrected chi connectivity index (χ0v) is 39.3. The van der Waals surface area contributed by atoms with Crippen LogP contribution in [0.3, 0.4) is 0 Å². The van der Waals surface area contributed by atoms with Crippen molar-refractivity contribution in [2.45, 2.75) is 24.8 Å². The van der Waals surface area contributed by atoms with E-state index in [0.717, 1.165) is 29.2 Å². The molecular weight excluding hydrogens is 845 g/mol. The molecule has 0 heterocycles. The summed E-state index contributed by atoms with van der Waals surface area (Å²) in [4.78, 5) is 4.90. The molecule has 334 valence electrons. The van der Waals surface area contributed by atoms with Gasteiger partial charge in [-0.3, -0.25) is 0 Å². The summed E-state index contributed by atoms with van der Waals surface area (Å²) < 4.78 is 0. The van der Waals surface area contributed by atoms with Crippen LogP contribution in [0.5, 0.6) is 0 Å². The van der Waals surface area contributed by atoms with Gasteiger partial charge in [-0.25, -0.2) is 0 Å². The van der Waals surface area contributed by atoms with Crippen LogP contribution in [0.2, 0.25) is 0 Å². The molecule has 0 N–H and O–H groups in total. The van der Waals surface area contributed by atoms with Crippen LogP contribution in [0.25, 0.3) is 56.0 Å². The summed E-state index contributed by atoms with van der Waals surface area (Å²) >= 11 is 0. The first-order chi connectivity index (χ1) is 34.6. The number of benzene rings is 10. The Labute approximate surface area is 411 Å². The second kappa shape index (κ2) is 18.1. The van der Waals surface area contributed by atoms with Crippen molar-refractivity contribution in [3.05, 3.63) is 294 Å². The Balaban J connectivity index is 1.04. The molecule has 0 saturated heterocycles. The molecule has 0 aliphatic heterocycles. The van der Waals surface area contributed by atoms with Gasteiger partial charge in [-0.2, -0.15) is 0 Å². The standard InChI is InChI=1S/C68H52N2/c1-3-5-25-54(4-2)68(55-35-40-59(41-36-55)69(56-26-8-6-9-27-56)60-39-32-48-19-12-13-21-51(48)44-60)66-43-42-61(47-65(66)64-45-52-22-14-15-23-53(52)46-67(64)68)70(57-28-10-7-11-29-57)58-37-33-50(34-38-58)63-31-18-24-49-20-16-17-30-62(49)63/h3-38,40-47,60H,1,39H2,2H3/b25-5-,54-4+. The van der Waals surface area contributed by atoms with Crippen LogP contribution in [0.1, 0.15) is 30.0 Å². The average molecular weight is 897 g/mol. The highest BCUT2D eigenvalue weighted by atomic mass is 15.2. The van der Waals surface area contributed by atoms with Crippen LogP contribution in [-0.4, -0.2) is 6.04 Å². The SMILES string of the molecule is C=C/C=C\C(=C/C)C1(c2ccc(N(c3ccccc3)C3C=c4ccccc4=CC3)cc2)c2ccc(N(c3ccccc3)c3ccc(-c4cccc5ccccc45)cc3)cc2-c2cc3ccccc3cc21. The Kier molecular flexibility index (Phi) is 11.0. The van der Waals surface area contributed by atoms with E-state index in [1.165, 1.54) is 82.2 Å². The molecule has 12 rings (SSSR count). The quantitative estimate of drug-likeness (QED) is 0.119. The van der Waals surface area contributed by atoms with Crippen molar-refractivity contribution in [1.29, 1.82) is 0 Å². The number of rotatable bonds is 11. The minimum atomic E-state index is -0.640. The molecule has 10 aromatic carbocycles. The Morgan fingerprint density at radius 1 is 0.500 bits per heavy atom. The molecule has 2 nitrogen and oxygen atoms in total. The molecule has 0 bridgehead atoms. The number of anilines is 5. The van der Waals surface area contributed by atoms with Crippen LogP contribution in [0.15, 0.2) is 267 Å². The maximum absolute atomic E-state index is 4.13. The molecule has 70 heavy (non-hydrogen) atoms. The van der Waals surface area contributed by atoms with Crippen molar-refractivity contribution >= 4 is 62.1 Å². The van der Waals surface area contributed by atoms with Crippen molar-refractivity contribution in [3.63, 3.8) is 0 Å². The summed E-state index contributed by atoms with van der Waals surface area (Å²) in [5.41, 5.74) is 14.8. The van der Waals surface area contributed by atoms with Gasteiger partial charge < -0.3 is 9.80 Å². The molecule has 0 radical (unpaired) electrons. The first-order valence-corrected chi connectivity index (χ1v) is 24.4. The number of hydrogen-bond donors (Lipinski definition) is 0. The lowest BCUT2D eigenvalue weighted by Gasteiger charge is -2.36. The van der Waals surface area contributed by atoms with Crippen LogP contribution >= 0.6 is 0 Å². The molecular formula is C68H52N2. The molecule has 0 saturated carbocycles. The van der Waals surface area contributed by atoms with Crippen LogP contribution in [0, 0.1) is 0 Å². The van der Waals surface area contributed by atoms with Gasteiger partial charge in [0.1, 0.15) is 0 Å². The molecule has 0 amide bonds. The maximum Gasteiger partial charge on any atom is 0.0710 e. The maximum atomic E-state index is 4.13. The summed E-state index contributed by atoms with van der Waals surface area (Å²) in [5, 5.41) is 7.51. The van der Waals surface area contributed by atoms with E-state index in [-0.39, 0.29) is 6.04 Å². The third-order valence-corrected chi connectivity index (χ3v) is 14.5. The fourth-order valence-electron chi connectivity index (χ4n) is 11.4. The van der Waals surface area contributed by atoms with Gasteiger partial charge in [0.25, 0.3) is 0 Å². The zero-order valence-electron chi connectivity index (χ0n) is 39.3. The molecule has 0 fully saturated rings. The fraction of sp³-hybridized carbons (Fsp3) is 0.0588. The van der Waals surface area contributed by atoms with Gasteiger partial charge in [-0.15, -0.1) is 0 Å². The molecule has 0 spiro atoms. The molecule has 2 atom stereocenters. The van der Waals surface area contributed by atoms with Crippen LogP contribution < -0.4 is 20.2 Å². The zero-order chi connectivity index (χ0) is 47.0. The topological polar surface area (TPSA) is 6.48 Å². The van der Waals surface area contributed by atoms with Gasteiger partial charge >= 0.3 is 0 Å². The number of allylic oxidation sites excluding steroid dienone is 5. The van der Waals surface area contributed by atoms with Gasteiger partial charge in [-0.1, -0.05) is 201 Å². The van der Waals surface area contributed by atoms with E-state index in [2.05, 4.69) is 284 Å². The Bertz CT molecular complexity index is 3770. The lowest BCUT2D eigenvalue weighted by molar-refractivity contribution is 0.765. The third-order valence-electron chi connectivity index (χ3n) is 14.5. The lowest BCUT2D eigenvalue weighted by atomic mass is 9.66. The summed E-state index contributed by atoms with van der Waals surface area (Å²) in [5.74, 6) is 0. The highest BCUT2D eigenvalue weighted by Gasteiger charge is 2.47. The van der Waals surface area contributed by atoms with Crippen molar-refractivity contribution in [3.8, 4) is 22.3 Å². The van der Waals surface area contributed by atoms with E-state index in [1.54, 1.807) is 0 Å². The van der Waals surface area contributed by atoms with Gasteiger partial charge in [0.15, 0.2) is 0 Å². The normalized spacial score (nSPS) is 16.0. The average Bonchev–Trinajstić information content (AvgIpc) is 3.70. The molecule has 0 aromatic heterocycles. The second-order valence-electron chi connectivity index (χ2n) is 18.4. The van der Waals surface area contributed by atoms with Gasteiger partial charge in [0.2, 0.25) is 0 Å². The molecule has 10 aromatic rings. The number of hydrogen-bond acceptors (Lipinski definition) is 2. The minimum Gasteiger partial charge on any atom is -0.334 e. The number of nitrogens with zero attached hydrogens (tertiary/aromatic N) is 2. The summed E-state index contributed by atoms with van der Waals surface area (Å²) in [6.07, 6.45) is 14.3. The smallest absolute Gasteiger partial charge is 0.0710 e. The predicted molar refractivity (Wildman–Crippen MR) is 298 cm³/mol. The van der Waals surface area contributed by atoms with Crippen molar-refractivity contribution < 1.29 is 0 Å². The molecule has 2 aliphatic carbocycles. The van der Waals surface area contributed by atoms with E-state index < -0.39 is 5.41 Å². The number of fused-ring (bicyclic) bond motifs is 6. The minimum absolute atomic E-state index is 0.151. The van der Waals surface area contributed by atoms with E-state index in [9.17, 15) is 0 Å². The Morgan fingerprint density at radius 3 is 1.83 bits per heavy atom. The second-order valence-corrected chi connectivity index (χ2v) is 18.4. The van der Waals surface area contributed by atoms with Crippen LogP contribution in [0.4, 0.5) is 28.4 Å². The first-order valence-electron chi connectivity index (χ1n) is 24.4. The van der Waals surface area contributed by atoms with Crippen molar-refractivity contribution in [1.82, 2.24) is 0 Å². The first kappa shape index (κ1) is 42.6. The van der Waals surface area contributed by atoms with E-state index >= 15 is 0 Å². The fourth-order valence-corrected chi connectivity index (χ4v) is 11.4. The monoisotopic (exact) mass is 896 g/mol. The summed E-state index contributed by atoms with van der Waals surface area (Å²) in [6, 6.07) is 85.0. The lowest BCUT2D eigenvalue weighted by Crippen LogP contribution is -2.37. The number of para-hydroxylation sites is 2. The highest BCUT2D eigenvalue weighted by Crippen LogP contribution is 2.59. The highest BCUT2D eigenvalue weighted by molar-refractivity contribution is 5.99. The van der Waals surface area contributed by atoms with E-state index in [0.29, 0.717) is 0 Å². The van der Waals surface area contributed by atoms with Crippen LogP contribution in [-0.2, 0) is 5.41 Å². The van der Waals surface area contributed by atoms with Gasteiger partial charge in [0.05, 0.1) is 11.5 Å². The van der Waals surface area contributed by atoms with E-state index in [1.807, 2.05) is 6.08 Å². The Hall–Kier alpha value is -8.72. The largest absolute Gasteiger partial charge is 0.334 e. The van der Waals surface area contributed by atoms with Crippen molar-refractivity contribution in [2.75, 3.05) is 9.80 Å².